The first kappa shape index (κ1) is 25.8. The molecule has 1 aliphatic heterocycles. The number of carbonyl (C=O) groups excluding carboxylic acids is 1. The molecular formula is C23H30Cl2N4O3S. The second-order valence-corrected chi connectivity index (χ2v) is 11.2. The van der Waals surface area contributed by atoms with Crippen LogP contribution in [0, 0.1) is 0 Å². The summed E-state index contributed by atoms with van der Waals surface area (Å²) in [5, 5.41) is 2.96. The van der Waals surface area contributed by atoms with Crippen LogP contribution in [0.5, 0.6) is 0 Å². The highest BCUT2D eigenvalue weighted by molar-refractivity contribution is 7.89. The van der Waals surface area contributed by atoms with Gasteiger partial charge in [0.25, 0.3) is 0 Å². The van der Waals surface area contributed by atoms with Crippen LogP contribution in [0.2, 0.25) is 10.0 Å². The molecule has 0 saturated carbocycles. The summed E-state index contributed by atoms with van der Waals surface area (Å²) in [5.41, 5.74) is 1.81. The third-order valence-corrected chi connectivity index (χ3v) is 8.80. The molecule has 0 radical (unpaired) electrons. The van der Waals surface area contributed by atoms with E-state index in [0.717, 1.165) is 35.9 Å². The number of piperidine rings is 1. The molecule has 1 saturated heterocycles. The minimum atomic E-state index is -3.86. The molecule has 1 heterocycles. The number of carbonyl (C=O) groups is 1. The molecule has 2 aromatic rings. The lowest BCUT2D eigenvalue weighted by Crippen LogP contribution is -2.41. The van der Waals surface area contributed by atoms with Crippen molar-refractivity contribution in [2.24, 2.45) is 0 Å². The SMILES string of the molecule is CN(C)C1CCN(c2ccc(NC(=O)CCN(C)S(=O)(=O)c3cccc(Cl)c3Cl)cc2)CC1. The van der Waals surface area contributed by atoms with Crippen LogP contribution >= 0.6 is 23.2 Å². The molecule has 0 aliphatic carbocycles. The van der Waals surface area contributed by atoms with Gasteiger partial charge in [0.05, 0.1) is 10.0 Å². The second kappa shape index (κ2) is 11.1. The average Bonchev–Trinajstić information content (AvgIpc) is 2.79. The highest BCUT2D eigenvalue weighted by atomic mass is 35.5. The van der Waals surface area contributed by atoms with Gasteiger partial charge in [0.1, 0.15) is 4.90 Å². The minimum Gasteiger partial charge on any atom is -0.371 e. The van der Waals surface area contributed by atoms with Crippen molar-refractivity contribution < 1.29 is 13.2 Å². The fourth-order valence-corrected chi connectivity index (χ4v) is 5.75. The Hall–Kier alpha value is -1.84. The first-order chi connectivity index (χ1) is 15.6. The molecule has 3 rings (SSSR count). The van der Waals surface area contributed by atoms with Gasteiger partial charge in [-0.25, -0.2) is 12.7 Å². The van der Waals surface area contributed by atoms with Crippen molar-refractivity contribution in [2.45, 2.75) is 30.2 Å². The Bertz CT molecular complexity index is 1070. The molecule has 10 heteroatoms. The molecule has 0 aromatic heterocycles. The number of rotatable bonds is 8. The van der Waals surface area contributed by atoms with Gasteiger partial charge in [-0.1, -0.05) is 29.3 Å². The topological polar surface area (TPSA) is 73.0 Å². The molecule has 2 aromatic carbocycles. The summed E-state index contributed by atoms with van der Waals surface area (Å²) in [5.74, 6) is -0.270. The molecule has 0 atom stereocenters. The number of sulfonamides is 1. The van der Waals surface area contributed by atoms with Gasteiger partial charge in [0, 0.05) is 50.5 Å². The fraction of sp³-hybridized carbons (Fsp3) is 0.435. The van der Waals surface area contributed by atoms with Gasteiger partial charge in [-0.15, -0.1) is 0 Å². The standard InChI is InChI=1S/C23H30Cl2N4O3S/c1-27(2)18-11-15-29(16-12-18)19-9-7-17(8-10-19)26-22(30)13-14-28(3)33(31,32)21-6-4-5-20(24)23(21)25/h4-10,18H,11-16H2,1-3H3,(H,26,30). The number of hydrogen-bond acceptors (Lipinski definition) is 5. The minimum absolute atomic E-state index is 0.00765. The van der Waals surface area contributed by atoms with Crippen molar-refractivity contribution in [1.29, 1.82) is 0 Å². The molecule has 1 aliphatic rings. The molecule has 33 heavy (non-hydrogen) atoms. The number of amides is 1. The summed E-state index contributed by atoms with van der Waals surface area (Å²) >= 11 is 12.0. The van der Waals surface area contributed by atoms with Crippen molar-refractivity contribution in [1.82, 2.24) is 9.21 Å². The van der Waals surface area contributed by atoms with E-state index in [4.69, 9.17) is 23.2 Å². The smallest absolute Gasteiger partial charge is 0.244 e. The van der Waals surface area contributed by atoms with Gasteiger partial charge in [-0.2, -0.15) is 0 Å². The van der Waals surface area contributed by atoms with E-state index < -0.39 is 10.0 Å². The van der Waals surface area contributed by atoms with E-state index in [2.05, 4.69) is 29.2 Å². The first-order valence-corrected chi connectivity index (χ1v) is 13.0. The van der Waals surface area contributed by atoms with Crippen LogP contribution < -0.4 is 10.2 Å². The molecule has 1 N–H and O–H groups in total. The Morgan fingerprint density at radius 2 is 1.70 bits per heavy atom. The van der Waals surface area contributed by atoms with Crippen LogP contribution in [-0.2, 0) is 14.8 Å². The molecule has 0 spiro atoms. The quantitative estimate of drug-likeness (QED) is 0.574. The Kier molecular flexibility index (Phi) is 8.64. The normalized spacial score (nSPS) is 15.3. The van der Waals surface area contributed by atoms with E-state index in [9.17, 15) is 13.2 Å². The van der Waals surface area contributed by atoms with Gasteiger partial charge in [-0.3, -0.25) is 4.79 Å². The Morgan fingerprint density at radius 3 is 2.30 bits per heavy atom. The van der Waals surface area contributed by atoms with Gasteiger partial charge in [0.15, 0.2) is 0 Å². The number of hydrogen-bond donors (Lipinski definition) is 1. The highest BCUT2D eigenvalue weighted by Gasteiger charge is 2.25. The first-order valence-electron chi connectivity index (χ1n) is 10.8. The molecule has 1 fully saturated rings. The zero-order valence-corrected chi connectivity index (χ0v) is 21.4. The zero-order chi connectivity index (χ0) is 24.2. The molecule has 1 amide bonds. The van der Waals surface area contributed by atoms with Gasteiger partial charge in [-0.05, 0) is 63.3 Å². The second-order valence-electron chi connectivity index (χ2n) is 8.41. The fourth-order valence-electron chi connectivity index (χ4n) is 3.85. The highest BCUT2D eigenvalue weighted by Crippen LogP contribution is 2.30. The Morgan fingerprint density at radius 1 is 1.06 bits per heavy atom. The molecule has 180 valence electrons. The van der Waals surface area contributed by atoms with E-state index in [1.54, 1.807) is 0 Å². The van der Waals surface area contributed by atoms with E-state index in [1.807, 2.05) is 24.3 Å². The predicted molar refractivity (Wildman–Crippen MR) is 135 cm³/mol. The van der Waals surface area contributed by atoms with E-state index in [1.165, 1.54) is 25.2 Å². The van der Waals surface area contributed by atoms with E-state index in [0.29, 0.717) is 11.7 Å². The van der Waals surface area contributed by atoms with Crippen molar-refractivity contribution in [3.8, 4) is 0 Å². The van der Waals surface area contributed by atoms with Crippen molar-refractivity contribution in [3.05, 3.63) is 52.5 Å². The molecule has 0 bridgehead atoms. The van der Waals surface area contributed by atoms with Crippen LogP contribution in [0.4, 0.5) is 11.4 Å². The number of benzene rings is 2. The monoisotopic (exact) mass is 512 g/mol. The summed E-state index contributed by atoms with van der Waals surface area (Å²) in [7, 11) is 1.80. The number of nitrogens with one attached hydrogen (secondary N) is 1. The Balaban J connectivity index is 1.52. The lowest BCUT2D eigenvalue weighted by molar-refractivity contribution is -0.116. The summed E-state index contributed by atoms with van der Waals surface area (Å²) in [6.07, 6.45) is 2.26. The van der Waals surface area contributed by atoms with Gasteiger partial charge in [0.2, 0.25) is 15.9 Å². The van der Waals surface area contributed by atoms with Crippen LogP contribution in [0.15, 0.2) is 47.4 Å². The van der Waals surface area contributed by atoms with Crippen LogP contribution in [-0.4, -0.2) is 70.3 Å². The number of halogens is 2. The third-order valence-electron chi connectivity index (χ3n) is 5.97. The zero-order valence-electron chi connectivity index (χ0n) is 19.1. The molecule has 0 unspecified atom stereocenters. The number of anilines is 2. The Labute approximate surface area is 206 Å². The summed E-state index contributed by atoms with van der Waals surface area (Å²) in [6.45, 7) is 2.02. The predicted octanol–water partition coefficient (Wildman–Crippen LogP) is 4.17. The summed E-state index contributed by atoms with van der Waals surface area (Å²) in [4.78, 5) is 16.9. The lowest BCUT2D eigenvalue weighted by atomic mass is 10.0. The molecular weight excluding hydrogens is 483 g/mol. The average molecular weight is 513 g/mol. The van der Waals surface area contributed by atoms with Gasteiger partial charge < -0.3 is 15.1 Å². The summed E-state index contributed by atoms with van der Waals surface area (Å²) < 4.78 is 26.6. The van der Waals surface area contributed by atoms with Crippen molar-refractivity contribution in [2.75, 3.05) is 51.0 Å². The van der Waals surface area contributed by atoms with Gasteiger partial charge >= 0.3 is 0 Å². The van der Waals surface area contributed by atoms with E-state index in [-0.39, 0.29) is 33.8 Å². The van der Waals surface area contributed by atoms with Crippen LogP contribution in [0.25, 0.3) is 0 Å². The molecule has 7 nitrogen and oxygen atoms in total. The maximum absolute atomic E-state index is 12.8. The van der Waals surface area contributed by atoms with Crippen LogP contribution in [0.1, 0.15) is 19.3 Å². The summed E-state index contributed by atoms with van der Waals surface area (Å²) in [6, 6.07) is 12.8. The third kappa shape index (κ3) is 6.39. The number of nitrogens with zero attached hydrogens (tertiary/aromatic N) is 3. The van der Waals surface area contributed by atoms with Crippen LogP contribution in [0.3, 0.4) is 0 Å². The maximum atomic E-state index is 12.8. The van der Waals surface area contributed by atoms with E-state index >= 15 is 0 Å². The largest absolute Gasteiger partial charge is 0.371 e. The lowest BCUT2D eigenvalue weighted by Gasteiger charge is -2.36. The van der Waals surface area contributed by atoms with Crippen molar-refractivity contribution >= 4 is 50.5 Å². The maximum Gasteiger partial charge on any atom is 0.244 e. The van der Waals surface area contributed by atoms with Crippen molar-refractivity contribution in [3.63, 3.8) is 0 Å².